The molecule has 0 heterocycles. The first-order valence-electron chi connectivity index (χ1n) is 5.57. The van der Waals surface area contributed by atoms with E-state index in [4.69, 9.17) is 15.7 Å². The number of hydrogen-bond acceptors (Lipinski definition) is 3. The summed E-state index contributed by atoms with van der Waals surface area (Å²) >= 11 is 0. The van der Waals surface area contributed by atoms with Crippen LogP contribution in [0.3, 0.4) is 0 Å². The molecule has 0 saturated heterocycles. The summed E-state index contributed by atoms with van der Waals surface area (Å²) in [6, 6.07) is 8.14. The van der Waals surface area contributed by atoms with Gasteiger partial charge >= 0.3 is 0 Å². The molecule has 0 aromatic heterocycles. The van der Waals surface area contributed by atoms with Gasteiger partial charge in [0, 0.05) is 18.5 Å². The summed E-state index contributed by atoms with van der Waals surface area (Å²) in [6.07, 6.45) is 2.40. The minimum absolute atomic E-state index is 0.495. The molecule has 0 saturated carbocycles. The topological polar surface area (TPSA) is 59.0 Å². The molecule has 0 spiro atoms. The lowest BCUT2D eigenvalue weighted by Crippen LogP contribution is -2.04. The van der Waals surface area contributed by atoms with E-state index in [-0.39, 0.29) is 0 Å². The fourth-order valence-corrected chi connectivity index (χ4v) is 1.50. The number of nitrogens with two attached hydrogens (primary N) is 1. The lowest BCUT2D eigenvalue weighted by Gasteiger charge is -2.10. The Labute approximate surface area is 96.8 Å². The summed E-state index contributed by atoms with van der Waals surface area (Å²) in [5.74, 6) is 0.866. The van der Waals surface area contributed by atoms with Crippen LogP contribution in [0.15, 0.2) is 18.2 Å². The molecule has 1 aromatic carbocycles. The van der Waals surface area contributed by atoms with Gasteiger partial charge in [-0.25, -0.2) is 0 Å². The van der Waals surface area contributed by atoms with Crippen molar-refractivity contribution >= 4 is 0 Å². The normalized spacial score (nSPS) is 9.81. The zero-order valence-electron chi connectivity index (χ0n) is 9.70. The summed E-state index contributed by atoms with van der Waals surface area (Å²) in [6.45, 7) is 3.18. The van der Waals surface area contributed by atoms with Gasteiger partial charge in [-0.05, 0) is 25.8 Å². The fraction of sp³-hybridized carbons (Fsp3) is 0.462. The highest BCUT2D eigenvalue weighted by atomic mass is 16.5. The van der Waals surface area contributed by atoms with Gasteiger partial charge in [0.25, 0.3) is 0 Å². The molecule has 3 heteroatoms. The fourth-order valence-electron chi connectivity index (χ4n) is 1.50. The second-order valence-electron chi connectivity index (χ2n) is 3.78. The third-order valence-electron chi connectivity index (χ3n) is 2.38. The van der Waals surface area contributed by atoms with Crippen molar-refractivity contribution in [3.8, 4) is 11.8 Å². The van der Waals surface area contributed by atoms with Crippen LogP contribution in [0.2, 0.25) is 0 Å². The van der Waals surface area contributed by atoms with Crippen LogP contribution in [0.1, 0.15) is 30.4 Å². The lowest BCUT2D eigenvalue weighted by molar-refractivity contribution is 0.304. The van der Waals surface area contributed by atoms with Gasteiger partial charge in [-0.3, -0.25) is 0 Å². The smallest absolute Gasteiger partial charge is 0.123 e. The Hall–Kier alpha value is -1.53. The first-order valence-corrected chi connectivity index (χ1v) is 5.57. The molecule has 3 nitrogen and oxygen atoms in total. The maximum absolute atomic E-state index is 8.39. The molecule has 86 valence electrons. The minimum Gasteiger partial charge on any atom is -0.493 e. The van der Waals surface area contributed by atoms with E-state index in [1.165, 1.54) is 5.56 Å². The van der Waals surface area contributed by atoms with Gasteiger partial charge in [0.2, 0.25) is 0 Å². The Balaban J connectivity index is 2.44. The van der Waals surface area contributed by atoms with Gasteiger partial charge in [-0.1, -0.05) is 17.7 Å². The summed E-state index contributed by atoms with van der Waals surface area (Å²) in [5.41, 5.74) is 7.88. The van der Waals surface area contributed by atoms with E-state index in [1.807, 2.05) is 25.1 Å². The minimum atomic E-state index is 0.495. The Morgan fingerprint density at radius 2 is 2.19 bits per heavy atom. The van der Waals surface area contributed by atoms with Crippen LogP contribution in [-0.2, 0) is 6.54 Å². The van der Waals surface area contributed by atoms with Crippen LogP contribution in [0.25, 0.3) is 0 Å². The number of aryl methyl sites for hydroxylation is 1. The maximum Gasteiger partial charge on any atom is 0.123 e. The van der Waals surface area contributed by atoms with E-state index >= 15 is 0 Å². The summed E-state index contributed by atoms with van der Waals surface area (Å²) in [7, 11) is 0. The zero-order chi connectivity index (χ0) is 11.8. The predicted octanol–water partition coefficient (Wildman–Crippen LogP) is 2.53. The molecular weight excluding hydrogens is 200 g/mol. The number of unbranched alkanes of at least 4 members (excludes halogenated alkanes) is 2. The number of nitriles is 1. The number of hydrogen-bond donors (Lipinski definition) is 1. The quantitative estimate of drug-likeness (QED) is 0.746. The molecule has 0 atom stereocenters. The van der Waals surface area contributed by atoms with Crippen LogP contribution in [0.5, 0.6) is 5.75 Å². The average molecular weight is 218 g/mol. The van der Waals surface area contributed by atoms with E-state index in [2.05, 4.69) is 6.07 Å². The monoisotopic (exact) mass is 218 g/mol. The molecular formula is C13H18N2O. The molecule has 0 aliphatic rings. The number of benzene rings is 1. The molecule has 2 N–H and O–H groups in total. The molecule has 0 aliphatic heterocycles. The van der Waals surface area contributed by atoms with Gasteiger partial charge in [0.05, 0.1) is 12.7 Å². The molecule has 0 amide bonds. The van der Waals surface area contributed by atoms with Crippen molar-refractivity contribution in [3.63, 3.8) is 0 Å². The lowest BCUT2D eigenvalue weighted by atomic mass is 10.1. The van der Waals surface area contributed by atoms with Crippen molar-refractivity contribution in [1.29, 1.82) is 5.26 Å². The molecule has 0 fully saturated rings. The Morgan fingerprint density at radius 1 is 1.38 bits per heavy atom. The number of ether oxygens (including phenoxy) is 1. The second kappa shape index (κ2) is 6.86. The third kappa shape index (κ3) is 3.92. The van der Waals surface area contributed by atoms with Crippen molar-refractivity contribution in [2.24, 2.45) is 5.73 Å². The zero-order valence-corrected chi connectivity index (χ0v) is 9.70. The van der Waals surface area contributed by atoms with Crippen LogP contribution >= 0.6 is 0 Å². The van der Waals surface area contributed by atoms with Gasteiger partial charge in [-0.2, -0.15) is 5.26 Å². The molecule has 0 aliphatic carbocycles. The van der Waals surface area contributed by atoms with Crippen molar-refractivity contribution in [1.82, 2.24) is 0 Å². The van der Waals surface area contributed by atoms with E-state index in [0.717, 1.165) is 24.2 Å². The molecule has 0 unspecified atom stereocenters. The van der Waals surface area contributed by atoms with Gasteiger partial charge in [0.1, 0.15) is 5.75 Å². The summed E-state index contributed by atoms with van der Waals surface area (Å²) < 4.78 is 5.64. The highest BCUT2D eigenvalue weighted by Gasteiger charge is 2.01. The average Bonchev–Trinajstić information content (AvgIpc) is 2.30. The van der Waals surface area contributed by atoms with Crippen molar-refractivity contribution in [2.75, 3.05) is 6.61 Å². The van der Waals surface area contributed by atoms with E-state index < -0.39 is 0 Å². The Morgan fingerprint density at radius 3 is 2.88 bits per heavy atom. The molecule has 0 bridgehead atoms. The Kier molecular flexibility index (Phi) is 5.38. The summed E-state index contributed by atoms with van der Waals surface area (Å²) in [4.78, 5) is 0. The highest BCUT2D eigenvalue weighted by molar-refractivity contribution is 5.36. The molecule has 16 heavy (non-hydrogen) atoms. The van der Waals surface area contributed by atoms with Gasteiger partial charge < -0.3 is 10.5 Å². The predicted molar refractivity (Wildman–Crippen MR) is 64.0 cm³/mol. The van der Waals surface area contributed by atoms with Crippen molar-refractivity contribution in [3.05, 3.63) is 29.3 Å². The SMILES string of the molecule is Cc1ccc(OCCCCC#N)c(CN)c1. The first-order chi connectivity index (χ1) is 7.77. The van der Waals surface area contributed by atoms with E-state index in [1.54, 1.807) is 0 Å². The summed E-state index contributed by atoms with van der Waals surface area (Å²) in [5, 5.41) is 8.39. The first kappa shape index (κ1) is 12.5. The molecule has 0 radical (unpaired) electrons. The van der Waals surface area contributed by atoms with Crippen LogP contribution < -0.4 is 10.5 Å². The van der Waals surface area contributed by atoms with Crippen LogP contribution in [0.4, 0.5) is 0 Å². The molecule has 1 rings (SSSR count). The van der Waals surface area contributed by atoms with Crippen LogP contribution in [-0.4, -0.2) is 6.61 Å². The van der Waals surface area contributed by atoms with E-state index in [9.17, 15) is 0 Å². The van der Waals surface area contributed by atoms with Crippen molar-refractivity contribution < 1.29 is 4.74 Å². The molecule has 1 aromatic rings. The largest absolute Gasteiger partial charge is 0.493 e. The van der Waals surface area contributed by atoms with Crippen LogP contribution in [0, 0.1) is 18.3 Å². The standard InChI is InChI=1S/C13H18N2O/c1-11-5-6-13(12(9-11)10-15)16-8-4-2-3-7-14/h5-6,9H,2-4,8,10,15H2,1H3. The highest BCUT2D eigenvalue weighted by Crippen LogP contribution is 2.19. The van der Waals surface area contributed by atoms with Gasteiger partial charge in [0.15, 0.2) is 0 Å². The maximum atomic E-state index is 8.39. The third-order valence-corrected chi connectivity index (χ3v) is 2.38. The number of rotatable bonds is 6. The van der Waals surface area contributed by atoms with E-state index in [0.29, 0.717) is 19.6 Å². The van der Waals surface area contributed by atoms with Crippen molar-refractivity contribution in [2.45, 2.75) is 32.7 Å². The van der Waals surface area contributed by atoms with Gasteiger partial charge in [-0.15, -0.1) is 0 Å². The Bertz CT molecular complexity index is 369. The number of nitrogens with zero attached hydrogens (tertiary/aromatic N) is 1. The second-order valence-corrected chi connectivity index (χ2v) is 3.78.